The van der Waals surface area contributed by atoms with Crippen molar-refractivity contribution in [3.8, 4) is 0 Å². The summed E-state index contributed by atoms with van der Waals surface area (Å²) in [5, 5.41) is 4.57. The topological polar surface area (TPSA) is 45.2 Å². The van der Waals surface area contributed by atoms with Gasteiger partial charge in [-0.2, -0.15) is 0 Å². The van der Waals surface area contributed by atoms with Gasteiger partial charge in [-0.25, -0.2) is 4.98 Å². The van der Waals surface area contributed by atoms with Gasteiger partial charge in [-0.05, 0) is 55.0 Å². The van der Waals surface area contributed by atoms with E-state index in [4.69, 9.17) is 23.2 Å². The molecule has 1 fully saturated rings. The highest BCUT2D eigenvalue weighted by molar-refractivity contribution is 6.35. The number of rotatable bonds is 5. The Morgan fingerprint density at radius 3 is 2.65 bits per heavy atom. The number of hydrogen-bond donors (Lipinski definition) is 1. The van der Waals surface area contributed by atoms with E-state index in [1.54, 1.807) is 12.3 Å². The summed E-state index contributed by atoms with van der Waals surface area (Å²) in [6.45, 7) is 4.61. The SMILES string of the molecule is CC1CCN(C(=O)c2ccc(NCCc3ccc(Cl)cc3Cl)nc2)CC1. The lowest BCUT2D eigenvalue weighted by atomic mass is 9.99. The number of hydrogen-bond acceptors (Lipinski definition) is 3. The smallest absolute Gasteiger partial charge is 0.255 e. The van der Waals surface area contributed by atoms with Crippen LogP contribution < -0.4 is 5.32 Å². The summed E-state index contributed by atoms with van der Waals surface area (Å²) >= 11 is 12.1. The van der Waals surface area contributed by atoms with Crippen molar-refractivity contribution in [2.24, 2.45) is 5.92 Å². The number of piperidine rings is 1. The van der Waals surface area contributed by atoms with Gasteiger partial charge >= 0.3 is 0 Å². The molecule has 1 saturated heterocycles. The minimum Gasteiger partial charge on any atom is -0.370 e. The molecule has 26 heavy (non-hydrogen) atoms. The van der Waals surface area contributed by atoms with Crippen LogP contribution in [0.4, 0.5) is 5.82 Å². The minimum atomic E-state index is 0.0731. The molecule has 1 aliphatic rings. The molecule has 0 saturated carbocycles. The number of carbonyl (C=O) groups is 1. The molecule has 0 spiro atoms. The largest absolute Gasteiger partial charge is 0.370 e. The van der Waals surface area contributed by atoms with Gasteiger partial charge in [0.05, 0.1) is 5.56 Å². The fraction of sp³-hybridized carbons (Fsp3) is 0.400. The fourth-order valence-electron chi connectivity index (χ4n) is 3.07. The van der Waals surface area contributed by atoms with E-state index in [0.29, 0.717) is 28.1 Å². The van der Waals surface area contributed by atoms with Gasteiger partial charge in [0.2, 0.25) is 0 Å². The number of nitrogens with zero attached hydrogens (tertiary/aromatic N) is 2. The fourth-order valence-corrected chi connectivity index (χ4v) is 3.57. The monoisotopic (exact) mass is 391 g/mol. The molecule has 1 aromatic carbocycles. The lowest BCUT2D eigenvalue weighted by Crippen LogP contribution is -2.37. The van der Waals surface area contributed by atoms with Crippen LogP contribution in [0.15, 0.2) is 36.5 Å². The van der Waals surface area contributed by atoms with Crippen molar-refractivity contribution in [2.45, 2.75) is 26.2 Å². The minimum absolute atomic E-state index is 0.0731. The van der Waals surface area contributed by atoms with Crippen molar-refractivity contribution in [3.63, 3.8) is 0 Å². The van der Waals surface area contributed by atoms with Crippen LogP contribution in [0.5, 0.6) is 0 Å². The van der Waals surface area contributed by atoms with Crippen LogP contribution in [0.3, 0.4) is 0 Å². The van der Waals surface area contributed by atoms with Gasteiger partial charge in [0.15, 0.2) is 0 Å². The Labute approximate surface area is 164 Å². The second-order valence-corrected chi connectivity index (χ2v) is 7.66. The molecule has 0 radical (unpaired) electrons. The van der Waals surface area contributed by atoms with E-state index < -0.39 is 0 Å². The maximum absolute atomic E-state index is 12.5. The Morgan fingerprint density at radius 1 is 1.23 bits per heavy atom. The summed E-state index contributed by atoms with van der Waals surface area (Å²) in [7, 11) is 0. The number of carbonyl (C=O) groups excluding carboxylic acids is 1. The summed E-state index contributed by atoms with van der Waals surface area (Å²) in [5.74, 6) is 1.53. The molecule has 2 heterocycles. The molecular weight excluding hydrogens is 369 g/mol. The molecule has 4 nitrogen and oxygen atoms in total. The first-order chi connectivity index (χ1) is 12.5. The number of anilines is 1. The maximum atomic E-state index is 12.5. The summed E-state index contributed by atoms with van der Waals surface area (Å²) in [6.07, 6.45) is 4.57. The first kappa shape index (κ1) is 19.0. The molecule has 1 aliphatic heterocycles. The van der Waals surface area contributed by atoms with Crippen molar-refractivity contribution < 1.29 is 4.79 Å². The molecule has 3 rings (SSSR count). The Bertz CT molecular complexity index is 756. The van der Waals surface area contributed by atoms with Crippen LogP contribution in [0.25, 0.3) is 0 Å². The normalized spacial score (nSPS) is 15.1. The molecule has 1 aromatic heterocycles. The zero-order valence-corrected chi connectivity index (χ0v) is 16.4. The van der Waals surface area contributed by atoms with Crippen LogP contribution in [0, 0.1) is 5.92 Å². The summed E-state index contributed by atoms with van der Waals surface area (Å²) in [5.41, 5.74) is 1.68. The average molecular weight is 392 g/mol. The second kappa shape index (κ2) is 8.74. The highest BCUT2D eigenvalue weighted by atomic mass is 35.5. The predicted octanol–water partition coefficient (Wildman–Crippen LogP) is 4.92. The van der Waals surface area contributed by atoms with Gasteiger partial charge in [0.25, 0.3) is 5.91 Å². The van der Waals surface area contributed by atoms with Crippen molar-refractivity contribution in [3.05, 3.63) is 57.7 Å². The summed E-state index contributed by atoms with van der Waals surface area (Å²) < 4.78 is 0. The van der Waals surface area contributed by atoms with Gasteiger partial charge in [0.1, 0.15) is 5.82 Å². The molecule has 6 heteroatoms. The molecule has 138 valence electrons. The molecule has 0 unspecified atom stereocenters. The van der Waals surface area contributed by atoms with Crippen LogP contribution in [0.1, 0.15) is 35.7 Å². The van der Waals surface area contributed by atoms with Gasteiger partial charge in [-0.3, -0.25) is 4.79 Å². The van der Waals surface area contributed by atoms with Crippen LogP contribution in [0.2, 0.25) is 10.0 Å². The first-order valence-corrected chi connectivity index (χ1v) is 9.71. The number of amides is 1. The highest BCUT2D eigenvalue weighted by Crippen LogP contribution is 2.21. The van der Waals surface area contributed by atoms with Gasteiger partial charge < -0.3 is 10.2 Å². The number of benzene rings is 1. The van der Waals surface area contributed by atoms with Crippen LogP contribution in [-0.4, -0.2) is 35.4 Å². The zero-order valence-electron chi connectivity index (χ0n) is 14.8. The van der Waals surface area contributed by atoms with Crippen molar-refractivity contribution in [1.29, 1.82) is 0 Å². The van der Waals surface area contributed by atoms with Crippen molar-refractivity contribution in [1.82, 2.24) is 9.88 Å². The Morgan fingerprint density at radius 2 is 2.00 bits per heavy atom. The van der Waals surface area contributed by atoms with Gasteiger partial charge in [-0.1, -0.05) is 36.2 Å². The molecule has 1 N–H and O–H groups in total. The lowest BCUT2D eigenvalue weighted by molar-refractivity contribution is 0.0697. The standard InChI is InChI=1S/C20H23Cl2N3O/c1-14-7-10-25(11-8-14)20(26)16-3-5-19(24-13-16)23-9-6-15-2-4-17(21)12-18(15)22/h2-5,12-14H,6-11H2,1H3,(H,23,24). The van der Waals surface area contributed by atoms with Crippen molar-refractivity contribution >= 4 is 34.9 Å². The van der Waals surface area contributed by atoms with E-state index in [1.165, 1.54) is 0 Å². The summed E-state index contributed by atoms with van der Waals surface area (Å²) in [6, 6.07) is 9.20. The molecule has 1 amide bonds. The molecule has 0 aliphatic carbocycles. The zero-order chi connectivity index (χ0) is 18.5. The number of pyridine rings is 1. The Kier molecular flexibility index (Phi) is 6.38. The maximum Gasteiger partial charge on any atom is 0.255 e. The predicted molar refractivity (Wildman–Crippen MR) is 107 cm³/mol. The quantitative estimate of drug-likeness (QED) is 0.786. The Hall–Kier alpha value is -1.78. The number of nitrogens with one attached hydrogen (secondary N) is 1. The highest BCUT2D eigenvalue weighted by Gasteiger charge is 2.21. The first-order valence-electron chi connectivity index (χ1n) is 8.96. The number of aromatic nitrogens is 1. The van der Waals surface area contributed by atoms with E-state index in [9.17, 15) is 4.79 Å². The third kappa shape index (κ3) is 4.89. The van der Waals surface area contributed by atoms with Crippen molar-refractivity contribution in [2.75, 3.05) is 25.0 Å². The summed E-state index contributed by atoms with van der Waals surface area (Å²) in [4.78, 5) is 18.8. The second-order valence-electron chi connectivity index (χ2n) is 6.82. The molecule has 0 bridgehead atoms. The van der Waals surface area contributed by atoms with Gasteiger partial charge in [-0.15, -0.1) is 0 Å². The third-order valence-corrected chi connectivity index (χ3v) is 5.38. The van der Waals surface area contributed by atoms with Crippen LogP contribution in [-0.2, 0) is 6.42 Å². The van der Waals surface area contributed by atoms with E-state index in [0.717, 1.165) is 43.7 Å². The number of likely N-dealkylation sites (tertiary alicyclic amines) is 1. The van der Waals surface area contributed by atoms with E-state index in [1.807, 2.05) is 29.2 Å². The van der Waals surface area contributed by atoms with E-state index in [2.05, 4.69) is 17.2 Å². The van der Waals surface area contributed by atoms with Gasteiger partial charge in [0, 0.05) is 35.9 Å². The molecular formula is C20H23Cl2N3O. The number of halogens is 2. The molecule has 0 atom stereocenters. The van der Waals surface area contributed by atoms with Crippen LogP contribution >= 0.6 is 23.2 Å². The average Bonchev–Trinajstić information content (AvgIpc) is 2.64. The lowest BCUT2D eigenvalue weighted by Gasteiger charge is -2.30. The Balaban J connectivity index is 1.52. The van der Waals surface area contributed by atoms with E-state index in [-0.39, 0.29) is 5.91 Å². The third-order valence-electron chi connectivity index (χ3n) is 4.80. The molecule has 2 aromatic rings. The van der Waals surface area contributed by atoms with E-state index >= 15 is 0 Å².